The zero-order valence-electron chi connectivity index (χ0n) is 8.05. The summed E-state index contributed by atoms with van der Waals surface area (Å²) in [5.74, 6) is 0.492. The van der Waals surface area contributed by atoms with Crippen LogP contribution in [0.25, 0.3) is 0 Å². The number of benzene rings is 1. The summed E-state index contributed by atoms with van der Waals surface area (Å²) in [6.45, 7) is 9.01. The second-order valence-electron chi connectivity index (χ2n) is 2.46. The van der Waals surface area contributed by atoms with Gasteiger partial charge in [-0.15, -0.1) is 5.92 Å². The van der Waals surface area contributed by atoms with E-state index >= 15 is 0 Å². The Morgan fingerprint density at radius 1 is 1.36 bits per heavy atom. The molecule has 4 heteroatoms. The minimum atomic E-state index is 0. The average Bonchev–Trinajstić information content (AvgIpc) is 2.08. The smallest absolute Gasteiger partial charge is 0.545 e. The van der Waals surface area contributed by atoms with Crippen molar-refractivity contribution in [2.24, 2.45) is 0 Å². The molecule has 14 heavy (non-hydrogen) atoms. The fourth-order valence-electron chi connectivity index (χ4n) is 0.904. The minimum Gasteiger partial charge on any atom is -0.545 e. The molecule has 0 spiro atoms. The fourth-order valence-corrected chi connectivity index (χ4v) is 0.904. The van der Waals surface area contributed by atoms with Gasteiger partial charge in [-0.1, -0.05) is 25.1 Å². The van der Waals surface area contributed by atoms with Crippen molar-refractivity contribution in [2.45, 2.75) is 12.8 Å². The van der Waals surface area contributed by atoms with Crippen LogP contribution >= 0.6 is 9.90 Å². The molecule has 0 bridgehead atoms. The summed E-state index contributed by atoms with van der Waals surface area (Å²) in [5.41, 5.74) is 0.905. The standard InChI is InChI=1S/C9H11O.CHO.H3P.Pd/c1-7(2)8-5-3-4-6-9(8)10;1-2;;/h3-7,10H,1H2,2H3;1H;1H3;/q2*-1;;+2. The van der Waals surface area contributed by atoms with Gasteiger partial charge in [0, 0.05) is 0 Å². The molecular weight excluding hydrogens is 290 g/mol. The first-order valence-corrected chi connectivity index (χ1v) is 3.56. The van der Waals surface area contributed by atoms with Gasteiger partial charge < -0.3 is 16.8 Å². The molecule has 1 aromatic carbocycles. The molecule has 1 rings (SSSR count). The van der Waals surface area contributed by atoms with Gasteiger partial charge in [-0.2, -0.15) is 9.90 Å². The van der Waals surface area contributed by atoms with Gasteiger partial charge in [-0.05, 0) is 11.6 Å². The van der Waals surface area contributed by atoms with Gasteiger partial charge in [0.1, 0.15) is 5.75 Å². The van der Waals surface area contributed by atoms with Crippen LogP contribution in [-0.2, 0) is 25.2 Å². The largest absolute Gasteiger partial charge is 2.00 e. The topological polar surface area (TPSA) is 37.3 Å². The fraction of sp³-hybridized carbons (Fsp3) is 0.200. The first-order chi connectivity index (χ1) is 5.72. The molecule has 2 nitrogen and oxygen atoms in total. The van der Waals surface area contributed by atoms with Crippen molar-refractivity contribution in [1.29, 1.82) is 0 Å². The summed E-state index contributed by atoms with van der Waals surface area (Å²) in [6.07, 6.45) is 0. The summed E-state index contributed by atoms with van der Waals surface area (Å²) < 4.78 is 0. The van der Waals surface area contributed by atoms with Crippen LogP contribution in [0, 0.1) is 6.92 Å². The molecule has 0 saturated carbocycles. The maximum Gasteiger partial charge on any atom is 2.00 e. The van der Waals surface area contributed by atoms with Crippen LogP contribution in [0.3, 0.4) is 0 Å². The second kappa shape index (κ2) is 10.9. The first-order valence-electron chi connectivity index (χ1n) is 3.56. The Kier molecular flexibility index (Phi) is 15.0. The van der Waals surface area contributed by atoms with Crippen molar-refractivity contribution in [3.8, 4) is 5.75 Å². The number of carbonyl (C=O) groups excluding carboxylic acids is 1. The van der Waals surface area contributed by atoms with Crippen LogP contribution < -0.4 is 0 Å². The Hall–Kier alpha value is -0.218. The van der Waals surface area contributed by atoms with E-state index < -0.39 is 0 Å². The Balaban J connectivity index is -0.000000284. The summed E-state index contributed by atoms with van der Waals surface area (Å²) in [5, 5.41) is 9.24. The molecule has 0 amide bonds. The Bertz CT molecular complexity index is 241. The van der Waals surface area contributed by atoms with Crippen molar-refractivity contribution in [2.75, 3.05) is 0 Å². The minimum absolute atomic E-state index is 0. The van der Waals surface area contributed by atoms with E-state index in [0.717, 1.165) is 5.56 Å². The van der Waals surface area contributed by atoms with Crippen LogP contribution in [0.4, 0.5) is 0 Å². The van der Waals surface area contributed by atoms with E-state index in [1.165, 1.54) is 0 Å². The van der Waals surface area contributed by atoms with Crippen molar-refractivity contribution in [3.05, 3.63) is 36.8 Å². The quantitative estimate of drug-likeness (QED) is 0.373. The number of hydrogen-bond donors (Lipinski definition) is 1. The SMILES string of the molecule is P.[CH-]=O.[CH2-]C(C)c1ccccc1O.[Pd+2]. The van der Waals surface area contributed by atoms with Crippen molar-refractivity contribution < 1.29 is 30.3 Å². The Labute approximate surface area is 102 Å². The van der Waals surface area contributed by atoms with Crippen molar-refractivity contribution >= 4 is 16.7 Å². The summed E-state index contributed by atoms with van der Waals surface area (Å²) in [4.78, 5) is 7.75. The van der Waals surface area contributed by atoms with Crippen LogP contribution in [0.1, 0.15) is 18.4 Å². The van der Waals surface area contributed by atoms with Crippen molar-refractivity contribution in [1.82, 2.24) is 0 Å². The summed E-state index contributed by atoms with van der Waals surface area (Å²) >= 11 is 0. The maximum atomic E-state index is 9.24. The van der Waals surface area contributed by atoms with Gasteiger partial charge in [0.05, 0.1) is 0 Å². The van der Waals surface area contributed by atoms with Gasteiger partial charge >= 0.3 is 20.4 Å². The predicted octanol–water partition coefficient (Wildman–Crippen LogP) is 2.11. The molecule has 82 valence electrons. The van der Waals surface area contributed by atoms with Gasteiger partial charge in [-0.25, -0.2) is 0 Å². The van der Waals surface area contributed by atoms with E-state index in [9.17, 15) is 5.11 Å². The molecule has 1 N–H and O–H groups in total. The van der Waals surface area contributed by atoms with E-state index in [1.807, 2.05) is 19.1 Å². The van der Waals surface area contributed by atoms with E-state index in [2.05, 4.69) is 13.7 Å². The van der Waals surface area contributed by atoms with E-state index in [1.54, 1.807) is 12.1 Å². The second-order valence-corrected chi connectivity index (χ2v) is 2.46. The van der Waals surface area contributed by atoms with Gasteiger partial charge in [-0.3, -0.25) is 6.79 Å². The average molecular weight is 305 g/mol. The molecule has 0 radical (unpaired) electrons. The molecule has 0 fully saturated rings. The van der Waals surface area contributed by atoms with Crippen molar-refractivity contribution in [3.63, 3.8) is 0 Å². The third-order valence-corrected chi connectivity index (χ3v) is 1.47. The third kappa shape index (κ3) is 6.27. The van der Waals surface area contributed by atoms with Crippen LogP contribution in [-0.4, -0.2) is 11.9 Å². The van der Waals surface area contributed by atoms with Crippen LogP contribution in [0.15, 0.2) is 24.3 Å². The summed E-state index contributed by atoms with van der Waals surface area (Å²) in [6, 6.07) is 7.27. The number of phenols is 1. The molecule has 1 aromatic rings. The molecule has 0 saturated heterocycles. The van der Waals surface area contributed by atoms with Gasteiger partial charge in [0.15, 0.2) is 0 Å². The number of rotatable bonds is 1. The number of phenolic OH excluding ortho intramolecular Hbond substituents is 1. The van der Waals surface area contributed by atoms with E-state index in [4.69, 9.17) is 4.79 Å². The normalized spacial score (nSPS) is 9.57. The molecule has 0 aliphatic rings. The van der Waals surface area contributed by atoms with E-state index in [0.29, 0.717) is 5.75 Å². The first kappa shape index (κ1) is 19.4. The molecule has 0 aliphatic carbocycles. The number of hydrogen-bond acceptors (Lipinski definition) is 2. The van der Waals surface area contributed by atoms with Gasteiger partial charge in [0.25, 0.3) is 0 Å². The molecule has 0 heterocycles. The molecule has 0 aromatic heterocycles. The van der Waals surface area contributed by atoms with Gasteiger partial charge in [0.2, 0.25) is 0 Å². The summed E-state index contributed by atoms with van der Waals surface area (Å²) in [7, 11) is 0. The monoisotopic (exact) mass is 304 g/mol. The van der Waals surface area contributed by atoms with Crippen LogP contribution in [0.5, 0.6) is 5.75 Å². The zero-order chi connectivity index (χ0) is 9.56. The molecule has 0 aliphatic heterocycles. The Morgan fingerprint density at radius 3 is 2.07 bits per heavy atom. The zero-order valence-corrected chi connectivity index (χ0v) is 11.0. The van der Waals surface area contributed by atoms with Crippen LogP contribution in [0.2, 0.25) is 0 Å². The van der Waals surface area contributed by atoms with E-state index in [-0.39, 0.29) is 36.2 Å². The molecular formula is C10H15O2PPd. The number of para-hydroxylation sites is 1. The third-order valence-electron chi connectivity index (χ3n) is 1.47. The predicted molar refractivity (Wildman–Crippen MR) is 59.7 cm³/mol. The maximum absolute atomic E-state index is 9.24. The molecule has 2 atom stereocenters. The molecule has 2 unspecified atom stereocenters. The Morgan fingerprint density at radius 2 is 1.79 bits per heavy atom. The number of aromatic hydroxyl groups is 1.